The first-order valence-corrected chi connectivity index (χ1v) is 10.6. The molecule has 166 valence electrons. The van der Waals surface area contributed by atoms with Crippen LogP contribution in [0.5, 0.6) is 5.75 Å². The first-order valence-electron chi connectivity index (χ1n) is 10.6. The number of nitrogens with one attached hydrogen (secondary N) is 1. The number of carbonyl (C=O) groups is 1. The van der Waals surface area contributed by atoms with Crippen molar-refractivity contribution in [1.29, 1.82) is 0 Å². The third-order valence-corrected chi connectivity index (χ3v) is 4.49. The molecule has 0 radical (unpaired) electrons. The Kier molecular flexibility index (Phi) is 9.83. The van der Waals surface area contributed by atoms with Crippen LogP contribution in [0.15, 0.2) is 6.20 Å². The summed E-state index contributed by atoms with van der Waals surface area (Å²) in [5.41, 5.74) is 1.01. The van der Waals surface area contributed by atoms with Gasteiger partial charge >= 0.3 is 6.09 Å². The topological polar surface area (TPSA) is 63.7 Å². The largest absolute Gasteiger partial charge is 0.492 e. The second-order valence-corrected chi connectivity index (χ2v) is 8.14. The molecule has 2 heterocycles. The lowest BCUT2D eigenvalue weighted by molar-refractivity contribution is 0.0292. The van der Waals surface area contributed by atoms with Crippen LogP contribution in [0.3, 0.4) is 0 Å². The summed E-state index contributed by atoms with van der Waals surface area (Å²) in [5, 5.41) is 3.49. The van der Waals surface area contributed by atoms with E-state index in [0.717, 1.165) is 12.0 Å². The minimum absolute atomic E-state index is 0.0562. The average Bonchev–Trinajstić information content (AvgIpc) is 2.66. The number of hydrogen-bond donors (Lipinski definition) is 1. The summed E-state index contributed by atoms with van der Waals surface area (Å²) >= 11 is 0. The molecule has 0 aliphatic carbocycles. The Morgan fingerprint density at radius 2 is 2.03 bits per heavy atom. The minimum Gasteiger partial charge on any atom is -0.492 e. The highest BCUT2D eigenvalue weighted by Gasteiger charge is 2.29. The third-order valence-electron chi connectivity index (χ3n) is 4.49. The van der Waals surface area contributed by atoms with Gasteiger partial charge in [0.1, 0.15) is 11.4 Å². The quantitative estimate of drug-likeness (QED) is 0.534. The van der Waals surface area contributed by atoms with E-state index in [9.17, 15) is 9.18 Å². The second kappa shape index (κ2) is 11.3. The Labute approximate surface area is 175 Å². The summed E-state index contributed by atoms with van der Waals surface area (Å²) in [5.74, 6) is 0.214. The molecule has 0 spiro atoms. The molecule has 0 saturated heterocycles. The van der Waals surface area contributed by atoms with Gasteiger partial charge in [-0.3, -0.25) is 0 Å². The molecule has 6 nitrogen and oxygen atoms in total. The number of rotatable bonds is 6. The number of halogens is 1. The fraction of sp³-hybridized carbons (Fsp3) is 0.727. The van der Waals surface area contributed by atoms with Crippen molar-refractivity contribution in [2.45, 2.75) is 85.4 Å². The number of nitrogens with zero attached hydrogens (tertiary/aromatic N) is 2. The molecular weight excluding hydrogens is 373 g/mol. The molecule has 2 atom stereocenters. The summed E-state index contributed by atoms with van der Waals surface area (Å²) in [6.07, 6.45) is 3.20. The molecule has 2 unspecified atom stereocenters. The van der Waals surface area contributed by atoms with E-state index in [0.29, 0.717) is 37.3 Å². The number of hydrogen-bond acceptors (Lipinski definition) is 5. The molecule has 1 aromatic heterocycles. The Balaban J connectivity index is 0.00000204. The van der Waals surface area contributed by atoms with Crippen LogP contribution in [0.1, 0.15) is 78.5 Å². The number of aromatic nitrogens is 1. The standard InChI is InChI=1S/C20H32FN3O3.C2H6/c1-7-15-17-14(11-13(2)23-15)18(21)22-12-16(17)26-10-8-9-24(6)19(25)27-20(3,4)5;1-2/h12-13,15,23H,7-11H2,1-6H3;1-2H3. The van der Waals surface area contributed by atoms with Crippen molar-refractivity contribution in [3.8, 4) is 5.75 Å². The van der Waals surface area contributed by atoms with Gasteiger partial charge in [-0.15, -0.1) is 0 Å². The molecule has 29 heavy (non-hydrogen) atoms. The zero-order valence-corrected chi connectivity index (χ0v) is 19.3. The van der Waals surface area contributed by atoms with Crippen LogP contribution in [0.2, 0.25) is 0 Å². The predicted octanol–water partition coefficient (Wildman–Crippen LogP) is 4.87. The van der Waals surface area contributed by atoms with Gasteiger partial charge in [-0.2, -0.15) is 4.39 Å². The highest BCUT2D eigenvalue weighted by atomic mass is 19.1. The molecular formula is C22H38FN3O3. The SMILES string of the molecule is CC.CCC1NC(C)Cc2c(F)ncc(OCCCN(C)C(=O)OC(C)(C)C)c21. The van der Waals surface area contributed by atoms with Crippen molar-refractivity contribution in [3.05, 3.63) is 23.3 Å². The first-order chi connectivity index (χ1) is 13.6. The fourth-order valence-corrected chi connectivity index (χ4v) is 3.24. The van der Waals surface area contributed by atoms with Crippen LogP contribution in [-0.2, 0) is 11.2 Å². The van der Waals surface area contributed by atoms with Crippen LogP contribution in [0.4, 0.5) is 9.18 Å². The van der Waals surface area contributed by atoms with Gasteiger partial charge in [-0.1, -0.05) is 20.8 Å². The van der Waals surface area contributed by atoms with Crippen molar-refractivity contribution in [3.63, 3.8) is 0 Å². The van der Waals surface area contributed by atoms with Crippen molar-refractivity contribution >= 4 is 6.09 Å². The Morgan fingerprint density at radius 1 is 1.38 bits per heavy atom. The molecule has 0 saturated carbocycles. The molecule has 7 heteroatoms. The Hall–Kier alpha value is -1.89. The van der Waals surface area contributed by atoms with Gasteiger partial charge < -0.3 is 19.7 Å². The van der Waals surface area contributed by atoms with Crippen LogP contribution >= 0.6 is 0 Å². The van der Waals surface area contributed by atoms with E-state index in [1.54, 1.807) is 7.05 Å². The molecule has 1 aliphatic heterocycles. The molecule has 1 amide bonds. The van der Waals surface area contributed by atoms with Crippen molar-refractivity contribution in [2.75, 3.05) is 20.2 Å². The summed E-state index contributed by atoms with van der Waals surface area (Å²) in [6, 6.07) is 0.261. The van der Waals surface area contributed by atoms with Gasteiger partial charge in [0.2, 0.25) is 5.95 Å². The lowest BCUT2D eigenvalue weighted by Gasteiger charge is -2.32. The maximum Gasteiger partial charge on any atom is 0.410 e. The van der Waals surface area contributed by atoms with Crippen molar-refractivity contribution < 1.29 is 18.7 Å². The van der Waals surface area contributed by atoms with Gasteiger partial charge in [0.25, 0.3) is 0 Å². The van der Waals surface area contributed by atoms with Crippen molar-refractivity contribution in [1.82, 2.24) is 15.2 Å². The predicted molar refractivity (Wildman–Crippen MR) is 114 cm³/mol. The molecule has 2 rings (SSSR count). The van der Waals surface area contributed by atoms with Crippen LogP contribution in [0.25, 0.3) is 0 Å². The Bertz CT molecular complexity index is 661. The zero-order chi connectivity index (χ0) is 22.2. The van der Waals surface area contributed by atoms with Crippen molar-refractivity contribution in [2.24, 2.45) is 0 Å². The fourth-order valence-electron chi connectivity index (χ4n) is 3.24. The maximum atomic E-state index is 14.2. The lowest BCUT2D eigenvalue weighted by Crippen LogP contribution is -2.38. The van der Waals surface area contributed by atoms with E-state index in [2.05, 4.69) is 17.2 Å². The highest BCUT2D eigenvalue weighted by Crippen LogP contribution is 2.35. The van der Waals surface area contributed by atoms with E-state index in [-0.39, 0.29) is 18.2 Å². The van der Waals surface area contributed by atoms with E-state index in [1.807, 2.05) is 41.5 Å². The van der Waals surface area contributed by atoms with E-state index in [4.69, 9.17) is 9.47 Å². The number of carbonyl (C=O) groups excluding carboxylic acids is 1. The minimum atomic E-state index is -0.514. The van der Waals surface area contributed by atoms with Crippen LogP contribution < -0.4 is 10.1 Å². The van der Waals surface area contributed by atoms with E-state index < -0.39 is 11.5 Å². The number of ether oxygens (including phenoxy) is 2. The molecule has 0 fully saturated rings. The summed E-state index contributed by atoms with van der Waals surface area (Å²) in [7, 11) is 1.70. The smallest absolute Gasteiger partial charge is 0.410 e. The summed E-state index contributed by atoms with van der Waals surface area (Å²) in [4.78, 5) is 17.4. The molecule has 1 aliphatic rings. The van der Waals surface area contributed by atoms with E-state index >= 15 is 0 Å². The van der Waals surface area contributed by atoms with E-state index in [1.165, 1.54) is 11.1 Å². The zero-order valence-electron chi connectivity index (χ0n) is 19.3. The molecule has 1 N–H and O–H groups in total. The molecule has 0 bridgehead atoms. The van der Waals surface area contributed by atoms with Gasteiger partial charge in [0.05, 0.1) is 12.8 Å². The summed E-state index contributed by atoms with van der Waals surface area (Å²) in [6.45, 7) is 14.6. The third kappa shape index (κ3) is 7.46. The second-order valence-electron chi connectivity index (χ2n) is 8.14. The van der Waals surface area contributed by atoms with Gasteiger partial charge in [-0.25, -0.2) is 9.78 Å². The van der Waals surface area contributed by atoms with Gasteiger partial charge in [0, 0.05) is 36.8 Å². The first kappa shape index (κ1) is 25.1. The normalized spacial score (nSPS) is 18.2. The number of pyridine rings is 1. The number of amides is 1. The number of fused-ring (bicyclic) bond motifs is 1. The molecule has 0 aromatic carbocycles. The summed E-state index contributed by atoms with van der Waals surface area (Å²) < 4.78 is 25.4. The Morgan fingerprint density at radius 3 is 2.62 bits per heavy atom. The molecule has 1 aromatic rings. The van der Waals surface area contributed by atoms with Crippen LogP contribution in [0, 0.1) is 5.95 Å². The average molecular weight is 412 g/mol. The van der Waals surface area contributed by atoms with Crippen LogP contribution in [-0.4, -0.2) is 47.8 Å². The maximum absolute atomic E-state index is 14.2. The van der Waals surface area contributed by atoms with Gasteiger partial charge in [0.15, 0.2) is 0 Å². The lowest BCUT2D eigenvalue weighted by atomic mass is 9.90. The highest BCUT2D eigenvalue weighted by molar-refractivity contribution is 5.67. The monoisotopic (exact) mass is 411 g/mol. The van der Waals surface area contributed by atoms with Gasteiger partial charge in [-0.05, 0) is 47.0 Å².